The molecule has 0 radical (unpaired) electrons. The molecule has 1 atom stereocenters. The largest absolute Gasteiger partial charge is 0.311 e. The van der Waals surface area contributed by atoms with Gasteiger partial charge in [-0.15, -0.1) is 0 Å². The molecule has 4 aromatic carbocycles. The van der Waals surface area contributed by atoms with Gasteiger partial charge in [-0.1, -0.05) is 140 Å². The Morgan fingerprint density at radius 1 is 0.738 bits per heavy atom. The molecule has 206 valence electrons. The van der Waals surface area contributed by atoms with Gasteiger partial charge in [-0.05, 0) is 83.4 Å². The highest BCUT2D eigenvalue weighted by atomic mass is 15.2. The van der Waals surface area contributed by atoms with Gasteiger partial charge >= 0.3 is 0 Å². The Kier molecular flexibility index (Phi) is 8.57. The van der Waals surface area contributed by atoms with E-state index in [-0.39, 0.29) is 0 Å². The second-order valence-corrected chi connectivity index (χ2v) is 10.9. The Bertz CT molecular complexity index is 1660. The molecule has 1 unspecified atom stereocenters. The van der Waals surface area contributed by atoms with Crippen LogP contribution in [0.3, 0.4) is 0 Å². The lowest BCUT2D eigenvalue weighted by atomic mass is 9.91. The van der Waals surface area contributed by atoms with Crippen molar-refractivity contribution in [2.24, 2.45) is 0 Å². The Labute approximate surface area is 250 Å². The maximum Gasteiger partial charge on any atom is 0.0461 e. The van der Waals surface area contributed by atoms with Crippen LogP contribution >= 0.6 is 0 Å². The SMILES string of the molecule is C=C(/C=C\Cc1ccccc1-c1ccccc1)c1ccc(N(C2=CCCC=C2)C2=CCC(c3ccccc3)C=C2)cc1. The molecular weight excluding hydrogens is 506 g/mol. The third-order valence-electron chi connectivity index (χ3n) is 8.06. The van der Waals surface area contributed by atoms with Gasteiger partial charge < -0.3 is 4.90 Å². The van der Waals surface area contributed by atoms with Gasteiger partial charge in [-0.25, -0.2) is 0 Å². The Hall–Kier alpha value is -4.88. The topological polar surface area (TPSA) is 3.24 Å². The molecule has 1 heteroatoms. The van der Waals surface area contributed by atoms with Crippen LogP contribution in [0.2, 0.25) is 0 Å². The molecule has 0 heterocycles. The zero-order valence-electron chi connectivity index (χ0n) is 24.1. The van der Waals surface area contributed by atoms with Crippen molar-refractivity contribution in [1.29, 1.82) is 0 Å². The van der Waals surface area contributed by atoms with Crippen LogP contribution < -0.4 is 4.90 Å². The van der Waals surface area contributed by atoms with Crippen LogP contribution in [0.5, 0.6) is 0 Å². The van der Waals surface area contributed by atoms with Crippen molar-refractivity contribution in [3.05, 3.63) is 192 Å². The lowest BCUT2D eigenvalue weighted by Crippen LogP contribution is -2.22. The summed E-state index contributed by atoms with van der Waals surface area (Å²) < 4.78 is 0. The minimum absolute atomic E-state index is 0.421. The first-order valence-corrected chi connectivity index (χ1v) is 15.0. The molecule has 1 nitrogen and oxygen atoms in total. The standard InChI is InChI=1S/C41H37N/c1-32(14-13-20-37-19-11-12-23-41(37)36-17-7-3-8-18-36)33-24-28-39(29-25-33)42(38-21-9-4-10-22-38)40-30-26-35(27-31-40)34-15-5-2-6-16-34/h2-3,5-9,11-19,21-26,28-31,35H,1,4,10,20,27H2/b14-13-. The van der Waals surface area contributed by atoms with Crippen LogP contribution in [0, 0.1) is 0 Å². The molecule has 0 fully saturated rings. The van der Waals surface area contributed by atoms with E-state index in [0.717, 1.165) is 36.8 Å². The van der Waals surface area contributed by atoms with Crippen molar-refractivity contribution < 1.29 is 0 Å². The predicted molar refractivity (Wildman–Crippen MR) is 180 cm³/mol. The summed E-state index contributed by atoms with van der Waals surface area (Å²) in [5.41, 5.74) is 11.0. The van der Waals surface area contributed by atoms with E-state index in [4.69, 9.17) is 0 Å². The van der Waals surface area contributed by atoms with Crippen molar-refractivity contribution >= 4 is 11.3 Å². The normalized spacial score (nSPS) is 16.2. The van der Waals surface area contributed by atoms with Gasteiger partial charge in [0.25, 0.3) is 0 Å². The molecule has 4 aromatic rings. The highest BCUT2D eigenvalue weighted by Crippen LogP contribution is 2.34. The number of hydrogen-bond donors (Lipinski definition) is 0. The first-order valence-electron chi connectivity index (χ1n) is 15.0. The Morgan fingerprint density at radius 2 is 1.45 bits per heavy atom. The van der Waals surface area contributed by atoms with Crippen LogP contribution in [0.1, 0.15) is 41.9 Å². The summed E-state index contributed by atoms with van der Waals surface area (Å²) in [6, 6.07) is 38.9. The average Bonchev–Trinajstić information content (AvgIpc) is 3.07. The zero-order valence-corrected chi connectivity index (χ0v) is 24.1. The van der Waals surface area contributed by atoms with Gasteiger partial charge in [-0.2, -0.15) is 0 Å². The van der Waals surface area contributed by atoms with E-state index in [0.29, 0.717) is 5.92 Å². The van der Waals surface area contributed by atoms with E-state index < -0.39 is 0 Å². The summed E-state index contributed by atoms with van der Waals surface area (Å²) in [6.45, 7) is 4.38. The Morgan fingerprint density at radius 3 is 2.17 bits per heavy atom. The third-order valence-corrected chi connectivity index (χ3v) is 8.06. The van der Waals surface area contributed by atoms with Gasteiger partial charge in [0.05, 0.1) is 0 Å². The molecule has 0 N–H and O–H groups in total. The van der Waals surface area contributed by atoms with Crippen LogP contribution in [-0.2, 0) is 6.42 Å². The van der Waals surface area contributed by atoms with Crippen LogP contribution in [-0.4, -0.2) is 0 Å². The van der Waals surface area contributed by atoms with Crippen molar-refractivity contribution in [3.8, 4) is 11.1 Å². The molecule has 0 aliphatic heterocycles. The number of rotatable bonds is 9. The monoisotopic (exact) mass is 543 g/mol. The Balaban J connectivity index is 1.17. The van der Waals surface area contributed by atoms with Crippen molar-refractivity contribution in [3.63, 3.8) is 0 Å². The molecule has 0 saturated heterocycles. The second kappa shape index (κ2) is 13.2. The fourth-order valence-corrected chi connectivity index (χ4v) is 5.78. The predicted octanol–water partition coefficient (Wildman–Crippen LogP) is 10.8. The van der Waals surface area contributed by atoms with Crippen molar-refractivity contribution in [1.82, 2.24) is 0 Å². The molecule has 2 aliphatic rings. The molecule has 0 aromatic heterocycles. The molecule has 42 heavy (non-hydrogen) atoms. The third kappa shape index (κ3) is 6.37. The van der Waals surface area contributed by atoms with E-state index in [1.165, 1.54) is 39.3 Å². The summed E-state index contributed by atoms with van der Waals surface area (Å²) in [4.78, 5) is 2.39. The maximum atomic E-state index is 4.38. The number of benzene rings is 4. The fourth-order valence-electron chi connectivity index (χ4n) is 5.78. The zero-order chi connectivity index (χ0) is 28.6. The molecule has 0 bridgehead atoms. The second-order valence-electron chi connectivity index (χ2n) is 10.9. The minimum atomic E-state index is 0.421. The molecule has 6 rings (SSSR count). The molecular formula is C41H37N. The maximum absolute atomic E-state index is 4.38. The molecule has 2 aliphatic carbocycles. The smallest absolute Gasteiger partial charge is 0.0461 e. The molecule has 0 saturated carbocycles. The number of nitrogens with zero attached hydrogens (tertiary/aromatic N) is 1. The fraction of sp³-hybridized carbons (Fsp3) is 0.122. The van der Waals surface area contributed by atoms with Crippen LogP contribution in [0.25, 0.3) is 16.7 Å². The minimum Gasteiger partial charge on any atom is -0.311 e. The molecule has 0 amide bonds. The summed E-state index contributed by atoms with van der Waals surface area (Å²) in [5, 5.41) is 0. The van der Waals surface area contributed by atoms with E-state index in [2.05, 4.69) is 169 Å². The molecule has 0 spiro atoms. The van der Waals surface area contributed by atoms with Gasteiger partial charge in [0.1, 0.15) is 0 Å². The van der Waals surface area contributed by atoms with E-state index in [1.807, 2.05) is 0 Å². The van der Waals surface area contributed by atoms with Crippen molar-refractivity contribution in [2.75, 3.05) is 4.90 Å². The van der Waals surface area contributed by atoms with Gasteiger partial charge in [-0.3, -0.25) is 0 Å². The van der Waals surface area contributed by atoms with Crippen LogP contribution in [0.15, 0.2) is 176 Å². The van der Waals surface area contributed by atoms with E-state index >= 15 is 0 Å². The summed E-state index contributed by atoms with van der Waals surface area (Å²) >= 11 is 0. The van der Waals surface area contributed by atoms with Crippen molar-refractivity contribution in [2.45, 2.75) is 31.6 Å². The number of anilines is 1. The van der Waals surface area contributed by atoms with Crippen LogP contribution in [0.4, 0.5) is 5.69 Å². The van der Waals surface area contributed by atoms with Gasteiger partial charge in [0.15, 0.2) is 0 Å². The summed E-state index contributed by atoms with van der Waals surface area (Å²) in [6.07, 6.45) is 22.3. The lowest BCUT2D eigenvalue weighted by Gasteiger charge is -2.31. The van der Waals surface area contributed by atoms with E-state index in [1.54, 1.807) is 0 Å². The highest BCUT2D eigenvalue weighted by molar-refractivity contribution is 5.75. The lowest BCUT2D eigenvalue weighted by molar-refractivity contribution is 0.836. The first kappa shape index (κ1) is 27.3. The van der Waals surface area contributed by atoms with Gasteiger partial charge in [0, 0.05) is 23.0 Å². The summed E-state index contributed by atoms with van der Waals surface area (Å²) in [5.74, 6) is 0.421. The average molecular weight is 544 g/mol. The quantitative estimate of drug-likeness (QED) is 0.190. The number of hydrogen-bond acceptors (Lipinski definition) is 1. The first-order chi connectivity index (χ1) is 20.8. The summed E-state index contributed by atoms with van der Waals surface area (Å²) in [7, 11) is 0. The highest BCUT2D eigenvalue weighted by Gasteiger charge is 2.19. The number of allylic oxidation sites excluding steroid dienone is 9. The van der Waals surface area contributed by atoms with E-state index in [9.17, 15) is 0 Å². The van der Waals surface area contributed by atoms with Gasteiger partial charge in [0.2, 0.25) is 0 Å².